The number of ether oxygens (including phenoxy) is 2. The summed E-state index contributed by atoms with van der Waals surface area (Å²) >= 11 is 0. The minimum absolute atomic E-state index is 0.183. The Bertz CT molecular complexity index is 331. The van der Waals surface area contributed by atoms with Gasteiger partial charge in [-0.3, -0.25) is 0 Å². The average molecular weight is 220 g/mol. The van der Waals surface area contributed by atoms with Crippen LogP contribution in [-0.2, 0) is 16.1 Å². The zero-order chi connectivity index (χ0) is 12.0. The molecule has 0 aromatic heterocycles. The summed E-state index contributed by atoms with van der Waals surface area (Å²) in [5, 5.41) is 0. The first-order valence-corrected chi connectivity index (χ1v) is 5.61. The molecule has 0 N–H and O–H groups in total. The van der Waals surface area contributed by atoms with Crippen LogP contribution in [0.25, 0.3) is 6.08 Å². The SMILES string of the molecule is C=Cc1ccccc1COC(C)OC(C)C. The Morgan fingerprint density at radius 1 is 1.25 bits per heavy atom. The summed E-state index contributed by atoms with van der Waals surface area (Å²) in [5.74, 6) is 0. The van der Waals surface area contributed by atoms with Crippen LogP contribution in [0.1, 0.15) is 31.9 Å². The predicted molar refractivity (Wildman–Crippen MR) is 67.0 cm³/mol. The molecule has 1 aromatic carbocycles. The summed E-state index contributed by atoms with van der Waals surface area (Å²) in [5.41, 5.74) is 2.25. The molecule has 1 unspecified atom stereocenters. The highest BCUT2D eigenvalue weighted by Gasteiger charge is 2.06. The zero-order valence-electron chi connectivity index (χ0n) is 10.3. The van der Waals surface area contributed by atoms with Crippen LogP contribution in [0.2, 0.25) is 0 Å². The fraction of sp³-hybridized carbons (Fsp3) is 0.429. The van der Waals surface area contributed by atoms with Crippen LogP contribution in [0.15, 0.2) is 30.8 Å². The number of benzene rings is 1. The standard InChI is InChI=1S/C14H20O2/c1-5-13-8-6-7-9-14(13)10-15-12(4)16-11(2)3/h5-9,11-12H,1,10H2,2-4H3. The van der Waals surface area contributed by atoms with E-state index in [9.17, 15) is 0 Å². The molecular weight excluding hydrogens is 200 g/mol. The fourth-order valence-corrected chi connectivity index (χ4v) is 1.49. The molecule has 0 heterocycles. The van der Waals surface area contributed by atoms with Gasteiger partial charge in [0.05, 0.1) is 12.7 Å². The molecule has 1 rings (SSSR count). The second-order valence-corrected chi connectivity index (χ2v) is 3.97. The van der Waals surface area contributed by atoms with E-state index in [0.717, 1.165) is 11.1 Å². The Morgan fingerprint density at radius 3 is 2.56 bits per heavy atom. The minimum atomic E-state index is -0.183. The van der Waals surface area contributed by atoms with Crippen molar-refractivity contribution in [1.29, 1.82) is 0 Å². The second-order valence-electron chi connectivity index (χ2n) is 3.97. The van der Waals surface area contributed by atoms with E-state index < -0.39 is 0 Å². The Hall–Kier alpha value is -1.12. The van der Waals surface area contributed by atoms with Crippen LogP contribution >= 0.6 is 0 Å². The van der Waals surface area contributed by atoms with Gasteiger partial charge in [0.15, 0.2) is 6.29 Å². The normalized spacial score (nSPS) is 12.8. The molecule has 0 saturated heterocycles. The maximum atomic E-state index is 5.61. The summed E-state index contributed by atoms with van der Waals surface area (Å²) in [7, 11) is 0. The molecule has 1 atom stereocenters. The lowest BCUT2D eigenvalue weighted by Gasteiger charge is -2.17. The lowest BCUT2D eigenvalue weighted by Crippen LogP contribution is -2.17. The highest BCUT2D eigenvalue weighted by atomic mass is 16.7. The van der Waals surface area contributed by atoms with Crippen LogP contribution < -0.4 is 0 Å². The molecule has 0 amide bonds. The topological polar surface area (TPSA) is 18.5 Å². The maximum absolute atomic E-state index is 5.61. The molecular formula is C14H20O2. The summed E-state index contributed by atoms with van der Waals surface area (Å²) < 4.78 is 11.1. The van der Waals surface area contributed by atoms with Crippen molar-refractivity contribution in [2.45, 2.75) is 39.8 Å². The average Bonchev–Trinajstić information content (AvgIpc) is 2.26. The van der Waals surface area contributed by atoms with E-state index in [2.05, 4.69) is 6.58 Å². The van der Waals surface area contributed by atoms with Crippen LogP contribution in [-0.4, -0.2) is 12.4 Å². The number of hydrogen-bond donors (Lipinski definition) is 0. The molecule has 16 heavy (non-hydrogen) atoms. The van der Waals surface area contributed by atoms with Crippen LogP contribution in [0.4, 0.5) is 0 Å². The van der Waals surface area contributed by atoms with E-state index in [1.165, 1.54) is 0 Å². The summed E-state index contributed by atoms with van der Waals surface area (Å²) in [6.45, 7) is 10.2. The van der Waals surface area contributed by atoms with Crippen molar-refractivity contribution in [1.82, 2.24) is 0 Å². The van der Waals surface area contributed by atoms with Gasteiger partial charge in [0.1, 0.15) is 0 Å². The Labute approximate surface area is 97.9 Å². The fourth-order valence-electron chi connectivity index (χ4n) is 1.49. The Kier molecular flexibility index (Phi) is 5.23. The molecule has 0 aliphatic carbocycles. The van der Waals surface area contributed by atoms with Crippen molar-refractivity contribution in [2.24, 2.45) is 0 Å². The van der Waals surface area contributed by atoms with Crippen molar-refractivity contribution < 1.29 is 9.47 Å². The summed E-state index contributed by atoms with van der Waals surface area (Å²) in [6, 6.07) is 8.06. The van der Waals surface area contributed by atoms with E-state index in [4.69, 9.17) is 9.47 Å². The second kappa shape index (κ2) is 6.46. The molecule has 2 nitrogen and oxygen atoms in total. The number of hydrogen-bond acceptors (Lipinski definition) is 2. The van der Waals surface area contributed by atoms with Crippen LogP contribution in [0.3, 0.4) is 0 Å². The lowest BCUT2D eigenvalue weighted by atomic mass is 10.1. The Morgan fingerprint density at radius 2 is 1.94 bits per heavy atom. The first-order chi connectivity index (χ1) is 7.63. The third kappa shape index (κ3) is 4.17. The van der Waals surface area contributed by atoms with Gasteiger partial charge in [0.2, 0.25) is 0 Å². The first-order valence-electron chi connectivity index (χ1n) is 5.61. The molecule has 1 aromatic rings. The van der Waals surface area contributed by atoms with Gasteiger partial charge < -0.3 is 9.47 Å². The zero-order valence-corrected chi connectivity index (χ0v) is 10.3. The lowest BCUT2D eigenvalue weighted by molar-refractivity contribution is -0.157. The summed E-state index contributed by atoms with van der Waals surface area (Å²) in [6.07, 6.45) is 1.84. The molecule has 0 aliphatic rings. The third-order valence-electron chi connectivity index (χ3n) is 2.21. The van der Waals surface area contributed by atoms with Crippen molar-refractivity contribution >= 4 is 6.08 Å². The van der Waals surface area contributed by atoms with E-state index in [-0.39, 0.29) is 12.4 Å². The van der Waals surface area contributed by atoms with Crippen molar-refractivity contribution in [3.05, 3.63) is 42.0 Å². The van der Waals surface area contributed by atoms with Crippen LogP contribution in [0, 0.1) is 0 Å². The van der Waals surface area contributed by atoms with E-state index in [1.54, 1.807) is 0 Å². The molecule has 0 fully saturated rings. The Balaban J connectivity index is 2.50. The van der Waals surface area contributed by atoms with Gasteiger partial charge >= 0.3 is 0 Å². The molecule has 0 radical (unpaired) electrons. The smallest absolute Gasteiger partial charge is 0.155 e. The molecule has 0 saturated carbocycles. The molecule has 0 aliphatic heterocycles. The first kappa shape index (κ1) is 12.9. The molecule has 2 heteroatoms. The summed E-state index contributed by atoms with van der Waals surface area (Å²) in [4.78, 5) is 0. The highest BCUT2D eigenvalue weighted by molar-refractivity contribution is 5.51. The van der Waals surface area contributed by atoms with E-state index in [1.807, 2.05) is 51.1 Å². The van der Waals surface area contributed by atoms with Crippen molar-refractivity contribution in [3.63, 3.8) is 0 Å². The van der Waals surface area contributed by atoms with Gasteiger partial charge in [-0.25, -0.2) is 0 Å². The maximum Gasteiger partial charge on any atom is 0.155 e. The molecule has 88 valence electrons. The monoisotopic (exact) mass is 220 g/mol. The van der Waals surface area contributed by atoms with Gasteiger partial charge in [0, 0.05) is 0 Å². The van der Waals surface area contributed by atoms with Gasteiger partial charge in [-0.05, 0) is 31.9 Å². The van der Waals surface area contributed by atoms with Gasteiger partial charge in [-0.2, -0.15) is 0 Å². The highest BCUT2D eigenvalue weighted by Crippen LogP contribution is 2.12. The van der Waals surface area contributed by atoms with Gasteiger partial charge in [-0.1, -0.05) is 36.9 Å². The predicted octanol–water partition coefficient (Wildman–Crippen LogP) is 3.62. The quantitative estimate of drug-likeness (QED) is 0.682. The number of rotatable bonds is 6. The van der Waals surface area contributed by atoms with E-state index >= 15 is 0 Å². The largest absolute Gasteiger partial charge is 0.350 e. The third-order valence-corrected chi connectivity index (χ3v) is 2.21. The van der Waals surface area contributed by atoms with Gasteiger partial charge in [-0.15, -0.1) is 0 Å². The minimum Gasteiger partial charge on any atom is -0.350 e. The van der Waals surface area contributed by atoms with Crippen molar-refractivity contribution in [3.8, 4) is 0 Å². The van der Waals surface area contributed by atoms with Gasteiger partial charge in [0.25, 0.3) is 0 Å². The van der Waals surface area contributed by atoms with Crippen LogP contribution in [0.5, 0.6) is 0 Å². The van der Waals surface area contributed by atoms with E-state index in [0.29, 0.717) is 6.61 Å². The van der Waals surface area contributed by atoms with Crippen molar-refractivity contribution in [2.75, 3.05) is 0 Å². The molecule has 0 spiro atoms. The molecule has 0 bridgehead atoms.